The van der Waals surface area contributed by atoms with E-state index >= 15 is 0 Å². The van der Waals surface area contributed by atoms with Crippen molar-refractivity contribution in [3.63, 3.8) is 0 Å². The highest BCUT2D eigenvalue weighted by Crippen LogP contribution is 2.08. The third-order valence-electron chi connectivity index (χ3n) is 3.14. The SMILES string of the molecule is O=C(COC(=O)CCc1ccsc1)NCCc1ccccc1. The van der Waals surface area contributed by atoms with Crippen LogP contribution in [0.25, 0.3) is 0 Å². The number of nitrogens with one attached hydrogen (secondary N) is 1. The lowest BCUT2D eigenvalue weighted by atomic mass is 10.1. The molecule has 1 aromatic heterocycles. The molecule has 0 fully saturated rings. The Morgan fingerprint density at radius 1 is 1.05 bits per heavy atom. The number of carbonyl (C=O) groups excluding carboxylic acids is 2. The molecule has 0 radical (unpaired) electrons. The molecule has 1 aromatic carbocycles. The minimum atomic E-state index is -0.343. The maximum atomic E-state index is 11.6. The second kappa shape index (κ2) is 9.00. The highest BCUT2D eigenvalue weighted by Gasteiger charge is 2.07. The molecule has 0 aliphatic carbocycles. The monoisotopic (exact) mass is 317 g/mol. The number of benzene rings is 1. The number of hydrogen-bond acceptors (Lipinski definition) is 4. The molecule has 0 unspecified atom stereocenters. The minimum absolute atomic E-state index is 0.211. The highest BCUT2D eigenvalue weighted by molar-refractivity contribution is 7.07. The smallest absolute Gasteiger partial charge is 0.306 e. The summed E-state index contributed by atoms with van der Waals surface area (Å²) in [4.78, 5) is 23.1. The number of aryl methyl sites for hydroxylation is 1. The summed E-state index contributed by atoms with van der Waals surface area (Å²) in [5.41, 5.74) is 2.28. The van der Waals surface area contributed by atoms with Gasteiger partial charge in [-0.25, -0.2) is 0 Å². The van der Waals surface area contributed by atoms with Crippen LogP contribution in [-0.2, 0) is 27.2 Å². The first kappa shape index (κ1) is 16.2. The van der Waals surface area contributed by atoms with Crippen LogP contribution in [-0.4, -0.2) is 25.0 Å². The van der Waals surface area contributed by atoms with E-state index in [2.05, 4.69) is 5.32 Å². The predicted molar refractivity (Wildman–Crippen MR) is 86.8 cm³/mol. The first-order valence-corrected chi connectivity index (χ1v) is 8.15. The fraction of sp³-hybridized carbons (Fsp3) is 0.294. The lowest BCUT2D eigenvalue weighted by molar-refractivity contribution is -0.148. The van der Waals surface area contributed by atoms with Gasteiger partial charge in [-0.05, 0) is 40.8 Å². The van der Waals surface area contributed by atoms with Crippen LogP contribution in [0, 0.1) is 0 Å². The van der Waals surface area contributed by atoms with Gasteiger partial charge in [-0.1, -0.05) is 30.3 Å². The van der Waals surface area contributed by atoms with E-state index in [-0.39, 0.29) is 18.5 Å². The summed E-state index contributed by atoms with van der Waals surface area (Å²) in [6.45, 7) is 0.326. The quantitative estimate of drug-likeness (QED) is 0.761. The number of ether oxygens (including phenoxy) is 1. The van der Waals surface area contributed by atoms with Crippen LogP contribution in [0.3, 0.4) is 0 Å². The number of esters is 1. The van der Waals surface area contributed by atoms with Gasteiger partial charge in [-0.2, -0.15) is 11.3 Å². The molecule has 0 aliphatic rings. The molecule has 1 amide bonds. The van der Waals surface area contributed by atoms with E-state index in [0.717, 1.165) is 17.5 Å². The molecule has 2 rings (SSSR count). The average Bonchev–Trinajstić information content (AvgIpc) is 3.05. The van der Waals surface area contributed by atoms with Crippen molar-refractivity contribution in [2.75, 3.05) is 13.2 Å². The minimum Gasteiger partial charge on any atom is -0.456 e. The van der Waals surface area contributed by atoms with Crippen LogP contribution in [0.5, 0.6) is 0 Å². The van der Waals surface area contributed by atoms with Gasteiger partial charge in [-0.15, -0.1) is 0 Å². The van der Waals surface area contributed by atoms with Crippen molar-refractivity contribution in [2.24, 2.45) is 0 Å². The Balaban J connectivity index is 1.56. The maximum absolute atomic E-state index is 11.6. The van der Waals surface area contributed by atoms with E-state index < -0.39 is 0 Å². The molecule has 1 N–H and O–H groups in total. The van der Waals surface area contributed by atoms with E-state index in [1.165, 1.54) is 0 Å². The first-order chi connectivity index (χ1) is 10.7. The summed E-state index contributed by atoms with van der Waals surface area (Å²) in [5, 5.41) is 6.72. The molecule has 0 aliphatic heterocycles. The average molecular weight is 317 g/mol. The van der Waals surface area contributed by atoms with Gasteiger partial charge >= 0.3 is 5.97 Å². The van der Waals surface area contributed by atoms with E-state index in [4.69, 9.17) is 4.74 Å². The Bertz CT molecular complexity index is 581. The van der Waals surface area contributed by atoms with Crippen molar-refractivity contribution in [1.29, 1.82) is 0 Å². The normalized spacial score (nSPS) is 10.2. The summed E-state index contributed by atoms with van der Waals surface area (Å²) in [6, 6.07) is 11.9. The van der Waals surface area contributed by atoms with E-state index in [1.807, 2.05) is 47.2 Å². The van der Waals surface area contributed by atoms with Crippen molar-refractivity contribution in [2.45, 2.75) is 19.3 Å². The highest BCUT2D eigenvalue weighted by atomic mass is 32.1. The molecule has 0 saturated heterocycles. The molecule has 0 saturated carbocycles. The third-order valence-corrected chi connectivity index (χ3v) is 3.87. The summed E-state index contributed by atoms with van der Waals surface area (Å²) in [5.74, 6) is -0.607. The molecule has 0 spiro atoms. The van der Waals surface area contributed by atoms with Crippen molar-refractivity contribution < 1.29 is 14.3 Å². The summed E-state index contributed by atoms with van der Waals surface area (Å²) in [6.07, 6.45) is 1.71. The van der Waals surface area contributed by atoms with E-state index in [9.17, 15) is 9.59 Å². The van der Waals surface area contributed by atoms with Crippen molar-refractivity contribution in [3.8, 4) is 0 Å². The molecule has 2 aromatic rings. The van der Waals surface area contributed by atoms with Crippen LogP contribution in [0.4, 0.5) is 0 Å². The van der Waals surface area contributed by atoms with Crippen LogP contribution >= 0.6 is 11.3 Å². The van der Waals surface area contributed by atoms with Gasteiger partial charge in [0.25, 0.3) is 5.91 Å². The second-order valence-corrected chi connectivity index (χ2v) is 5.66. The fourth-order valence-corrected chi connectivity index (χ4v) is 2.64. The molecular weight excluding hydrogens is 298 g/mol. The molecule has 4 nitrogen and oxygen atoms in total. The summed E-state index contributed by atoms with van der Waals surface area (Å²) < 4.78 is 4.96. The number of thiophene rings is 1. The third kappa shape index (κ3) is 6.10. The molecule has 1 heterocycles. The van der Waals surface area contributed by atoms with Gasteiger partial charge in [-0.3, -0.25) is 9.59 Å². The van der Waals surface area contributed by atoms with Gasteiger partial charge in [0.2, 0.25) is 0 Å². The summed E-state index contributed by atoms with van der Waals surface area (Å²) in [7, 11) is 0. The van der Waals surface area contributed by atoms with Crippen LogP contribution in [0.2, 0.25) is 0 Å². The Labute approximate surface area is 134 Å². The zero-order valence-electron chi connectivity index (χ0n) is 12.3. The largest absolute Gasteiger partial charge is 0.456 e. The van der Waals surface area contributed by atoms with E-state index in [0.29, 0.717) is 19.4 Å². The number of hydrogen-bond donors (Lipinski definition) is 1. The van der Waals surface area contributed by atoms with Gasteiger partial charge in [0.05, 0.1) is 0 Å². The molecule has 0 atom stereocenters. The molecular formula is C17H19NO3S. The Hall–Kier alpha value is -2.14. The lowest BCUT2D eigenvalue weighted by Gasteiger charge is -2.06. The topological polar surface area (TPSA) is 55.4 Å². The van der Waals surface area contributed by atoms with Crippen molar-refractivity contribution in [3.05, 3.63) is 58.3 Å². The van der Waals surface area contributed by atoms with Gasteiger partial charge < -0.3 is 10.1 Å². The Morgan fingerprint density at radius 3 is 2.59 bits per heavy atom. The molecule has 5 heteroatoms. The van der Waals surface area contributed by atoms with Gasteiger partial charge in [0.1, 0.15) is 0 Å². The standard InChI is InChI=1S/C17H19NO3S/c19-16(18-10-8-14-4-2-1-3-5-14)12-21-17(20)7-6-15-9-11-22-13-15/h1-5,9,11,13H,6-8,10,12H2,(H,18,19). The van der Waals surface area contributed by atoms with Crippen LogP contribution < -0.4 is 5.32 Å². The van der Waals surface area contributed by atoms with Gasteiger partial charge in [0.15, 0.2) is 6.61 Å². The Kier molecular flexibility index (Phi) is 6.64. The number of carbonyl (C=O) groups is 2. The van der Waals surface area contributed by atoms with E-state index in [1.54, 1.807) is 11.3 Å². The van der Waals surface area contributed by atoms with Crippen LogP contribution in [0.15, 0.2) is 47.2 Å². The first-order valence-electron chi connectivity index (χ1n) is 7.21. The van der Waals surface area contributed by atoms with Gasteiger partial charge in [0, 0.05) is 13.0 Å². The maximum Gasteiger partial charge on any atom is 0.306 e. The molecule has 0 bridgehead atoms. The fourth-order valence-electron chi connectivity index (χ4n) is 1.94. The summed E-state index contributed by atoms with van der Waals surface area (Å²) >= 11 is 1.60. The zero-order chi connectivity index (χ0) is 15.6. The number of amides is 1. The molecule has 22 heavy (non-hydrogen) atoms. The predicted octanol–water partition coefficient (Wildman–Crippen LogP) is 2.58. The zero-order valence-corrected chi connectivity index (χ0v) is 13.1. The van der Waals surface area contributed by atoms with Crippen LogP contribution in [0.1, 0.15) is 17.5 Å². The number of rotatable bonds is 8. The Morgan fingerprint density at radius 2 is 1.86 bits per heavy atom. The second-order valence-electron chi connectivity index (χ2n) is 4.88. The molecule has 116 valence electrons. The van der Waals surface area contributed by atoms with Crippen molar-refractivity contribution >= 4 is 23.2 Å². The van der Waals surface area contributed by atoms with Crippen molar-refractivity contribution in [1.82, 2.24) is 5.32 Å². The lowest BCUT2D eigenvalue weighted by Crippen LogP contribution is -2.30.